The number of carbonyl (C=O) groups is 1. The summed E-state index contributed by atoms with van der Waals surface area (Å²) >= 11 is 1.63. The highest BCUT2D eigenvalue weighted by Gasteiger charge is 2.42. The molecule has 138 valence electrons. The molecule has 6 heteroatoms. The van der Waals surface area contributed by atoms with Gasteiger partial charge in [-0.25, -0.2) is 0 Å². The number of hydrogen-bond acceptors (Lipinski definition) is 5. The molecule has 5 nitrogen and oxygen atoms in total. The summed E-state index contributed by atoms with van der Waals surface area (Å²) in [6.07, 6.45) is 2.44. The van der Waals surface area contributed by atoms with Crippen molar-refractivity contribution in [2.45, 2.75) is 17.4 Å². The molecule has 1 aliphatic heterocycles. The van der Waals surface area contributed by atoms with Gasteiger partial charge in [0, 0.05) is 18.0 Å². The summed E-state index contributed by atoms with van der Waals surface area (Å²) in [7, 11) is 0. The zero-order valence-corrected chi connectivity index (χ0v) is 15.7. The molecule has 4 rings (SSSR count). The van der Waals surface area contributed by atoms with Crippen molar-refractivity contribution in [1.29, 1.82) is 0 Å². The number of nitrogens with zero attached hydrogens (tertiary/aromatic N) is 1. The van der Waals surface area contributed by atoms with Gasteiger partial charge >= 0.3 is 0 Å². The molecule has 0 unspecified atom stereocenters. The van der Waals surface area contributed by atoms with Crippen molar-refractivity contribution in [3.05, 3.63) is 75.6 Å². The molecule has 0 saturated carbocycles. The van der Waals surface area contributed by atoms with E-state index in [0.717, 1.165) is 10.5 Å². The molecule has 2 aromatic carbocycles. The maximum Gasteiger partial charge on any atom is 0.290 e. The third-order valence-corrected chi connectivity index (χ3v) is 5.61. The summed E-state index contributed by atoms with van der Waals surface area (Å²) in [5.74, 6) is -0.198. The number of rotatable bonds is 5. The van der Waals surface area contributed by atoms with Crippen LogP contribution in [0, 0.1) is 0 Å². The zero-order valence-electron chi connectivity index (χ0n) is 14.8. The van der Waals surface area contributed by atoms with E-state index in [1.54, 1.807) is 40.9 Å². The highest BCUT2D eigenvalue weighted by molar-refractivity contribution is 7.98. The molecule has 1 aromatic heterocycles. The van der Waals surface area contributed by atoms with Crippen LogP contribution < -0.4 is 5.43 Å². The van der Waals surface area contributed by atoms with Crippen molar-refractivity contribution >= 4 is 28.6 Å². The standard InChI is InChI=1S/C21H19NO4S/c1-27-14-9-7-13(8-10-14)18-17-19(24)15-5-2-3-6-16(15)26-20(17)21(25)22(18)11-4-12-23/h2-3,5-10,18,23H,4,11-12H2,1H3/t18-/m1/s1. The first-order chi connectivity index (χ1) is 13.2. The minimum absolute atomic E-state index is 0.0262. The number of para-hydroxylation sites is 1. The fourth-order valence-corrected chi connectivity index (χ4v) is 3.98. The largest absolute Gasteiger partial charge is 0.450 e. The van der Waals surface area contributed by atoms with Crippen LogP contribution >= 0.6 is 11.8 Å². The first kappa shape index (κ1) is 17.8. The maximum atomic E-state index is 13.2. The summed E-state index contributed by atoms with van der Waals surface area (Å²) in [5, 5.41) is 9.71. The van der Waals surface area contributed by atoms with Crippen LogP contribution in [0.1, 0.15) is 34.1 Å². The van der Waals surface area contributed by atoms with Crippen molar-refractivity contribution in [2.24, 2.45) is 0 Å². The number of carbonyl (C=O) groups excluding carboxylic acids is 1. The van der Waals surface area contributed by atoms with Crippen molar-refractivity contribution in [2.75, 3.05) is 19.4 Å². The van der Waals surface area contributed by atoms with Gasteiger partial charge in [-0.3, -0.25) is 9.59 Å². The molecular weight excluding hydrogens is 362 g/mol. The van der Waals surface area contributed by atoms with Crippen LogP contribution in [0.3, 0.4) is 0 Å². The summed E-state index contributed by atoms with van der Waals surface area (Å²) < 4.78 is 5.85. The van der Waals surface area contributed by atoms with E-state index in [2.05, 4.69) is 0 Å². The van der Waals surface area contributed by atoms with Gasteiger partial charge in [0.05, 0.1) is 17.0 Å². The van der Waals surface area contributed by atoms with E-state index in [1.165, 1.54) is 0 Å². The van der Waals surface area contributed by atoms with Gasteiger partial charge in [-0.1, -0.05) is 24.3 Å². The number of fused-ring (bicyclic) bond motifs is 2. The molecule has 2 heterocycles. The van der Waals surface area contributed by atoms with Crippen molar-refractivity contribution < 1.29 is 14.3 Å². The molecule has 0 aliphatic carbocycles. The van der Waals surface area contributed by atoms with Crippen LogP contribution in [0.2, 0.25) is 0 Å². The quantitative estimate of drug-likeness (QED) is 0.686. The summed E-state index contributed by atoms with van der Waals surface area (Å²) in [5.41, 5.74) is 1.48. The Labute approximate surface area is 160 Å². The second kappa shape index (κ2) is 7.21. The first-order valence-electron chi connectivity index (χ1n) is 8.77. The molecule has 27 heavy (non-hydrogen) atoms. The Balaban J connectivity index is 1.93. The Hall–Kier alpha value is -2.57. The third-order valence-electron chi connectivity index (χ3n) is 4.86. The number of hydrogen-bond donors (Lipinski definition) is 1. The Kier molecular flexibility index (Phi) is 4.76. The maximum absolute atomic E-state index is 13.2. The smallest absolute Gasteiger partial charge is 0.290 e. The topological polar surface area (TPSA) is 70.8 Å². The monoisotopic (exact) mass is 381 g/mol. The molecule has 0 fully saturated rings. The molecule has 1 atom stereocenters. The summed E-state index contributed by atoms with van der Waals surface area (Å²) in [6.45, 7) is 0.325. The molecule has 1 amide bonds. The van der Waals surface area contributed by atoms with Gasteiger partial charge in [0.1, 0.15) is 5.58 Å². The van der Waals surface area contributed by atoms with Crippen LogP contribution in [-0.4, -0.2) is 35.3 Å². The SMILES string of the molecule is CSc1ccc([C@@H]2c3c(oc4ccccc4c3=O)C(=O)N2CCCO)cc1. The predicted octanol–water partition coefficient (Wildman–Crippen LogP) is 3.44. The number of aliphatic hydroxyl groups is 1. The summed E-state index contributed by atoms with van der Waals surface area (Å²) in [6, 6.07) is 14.3. The van der Waals surface area contributed by atoms with Gasteiger partial charge in [0.25, 0.3) is 5.91 Å². The number of amides is 1. The average molecular weight is 381 g/mol. The van der Waals surface area contributed by atoms with Crippen LogP contribution in [0.25, 0.3) is 11.0 Å². The van der Waals surface area contributed by atoms with E-state index in [1.807, 2.05) is 30.5 Å². The van der Waals surface area contributed by atoms with E-state index < -0.39 is 6.04 Å². The van der Waals surface area contributed by atoms with E-state index in [0.29, 0.717) is 29.5 Å². The lowest BCUT2D eigenvalue weighted by Crippen LogP contribution is -2.31. The fourth-order valence-electron chi connectivity index (χ4n) is 3.57. The van der Waals surface area contributed by atoms with Crippen LogP contribution in [-0.2, 0) is 0 Å². The predicted molar refractivity (Wildman–Crippen MR) is 105 cm³/mol. The third kappa shape index (κ3) is 2.95. The Morgan fingerprint density at radius 3 is 2.56 bits per heavy atom. The lowest BCUT2D eigenvalue weighted by Gasteiger charge is -2.25. The van der Waals surface area contributed by atoms with Gasteiger partial charge in [0.2, 0.25) is 5.76 Å². The van der Waals surface area contributed by atoms with Gasteiger partial charge in [-0.15, -0.1) is 11.8 Å². The lowest BCUT2D eigenvalue weighted by atomic mass is 9.98. The van der Waals surface area contributed by atoms with Gasteiger partial charge < -0.3 is 14.4 Å². The van der Waals surface area contributed by atoms with Gasteiger partial charge in [-0.05, 0) is 42.5 Å². The number of benzene rings is 2. The molecule has 0 spiro atoms. The zero-order chi connectivity index (χ0) is 19.0. The molecule has 0 bridgehead atoms. The van der Waals surface area contributed by atoms with Crippen LogP contribution in [0.4, 0.5) is 0 Å². The second-order valence-corrected chi connectivity index (χ2v) is 7.30. The second-order valence-electron chi connectivity index (χ2n) is 6.42. The number of thioether (sulfide) groups is 1. The van der Waals surface area contributed by atoms with E-state index in [4.69, 9.17) is 4.42 Å². The molecule has 1 N–H and O–H groups in total. The Morgan fingerprint density at radius 1 is 1.11 bits per heavy atom. The van der Waals surface area contributed by atoms with Crippen molar-refractivity contribution in [3.8, 4) is 0 Å². The van der Waals surface area contributed by atoms with Crippen molar-refractivity contribution in [1.82, 2.24) is 4.90 Å². The molecular formula is C21H19NO4S. The van der Waals surface area contributed by atoms with Crippen LogP contribution in [0.15, 0.2) is 62.6 Å². The van der Waals surface area contributed by atoms with Crippen LogP contribution in [0.5, 0.6) is 0 Å². The van der Waals surface area contributed by atoms with Gasteiger partial charge in [0.15, 0.2) is 5.43 Å². The molecule has 0 radical (unpaired) electrons. The lowest BCUT2D eigenvalue weighted by molar-refractivity contribution is 0.0716. The summed E-state index contributed by atoms with van der Waals surface area (Å²) in [4.78, 5) is 28.9. The normalized spacial score (nSPS) is 16.1. The first-order valence-corrected chi connectivity index (χ1v) is 9.99. The number of aliphatic hydroxyl groups excluding tert-OH is 1. The Bertz CT molecular complexity index is 1060. The average Bonchev–Trinajstić information content (AvgIpc) is 2.99. The van der Waals surface area contributed by atoms with E-state index >= 15 is 0 Å². The van der Waals surface area contributed by atoms with E-state index in [9.17, 15) is 14.7 Å². The van der Waals surface area contributed by atoms with E-state index in [-0.39, 0.29) is 23.7 Å². The fraction of sp³-hybridized carbons (Fsp3) is 0.238. The minimum Gasteiger partial charge on any atom is -0.450 e. The molecule has 1 aliphatic rings. The minimum atomic E-state index is -0.504. The van der Waals surface area contributed by atoms with Gasteiger partial charge in [-0.2, -0.15) is 0 Å². The highest BCUT2D eigenvalue weighted by atomic mass is 32.2. The Morgan fingerprint density at radius 2 is 1.85 bits per heavy atom. The molecule has 0 saturated heterocycles. The molecule has 3 aromatic rings. The van der Waals surface area contributed by atoms with Crippen molar-refractivity contribution in [3.63, 3.8) is 0 Å². The highest BCUT2D eigenvalue weighted by Crippen LogP contribution is 2.38.